The van der Waals surface area contributed by atoms with Crippen LogP contribution in [-0.2, 0) is 4.79 Å². The average molecular weight is 208 g/mol. The van der Waals surface area contributed by atoms with Crippen molar-refractivity contribution in [1.29, 1.82) is 0 Å². The third kappa shape index (κ3) is 2.95. The molecule has 1 aromatic rings. The highest BCUT2D eigenvalue weighted by molar-refractivity contribution is 5.74. The van der Waals surface area contributed by atoms with Crippen LogP contribution in [0.15, 0.2) is 18.2 Å². The van der Waals surface area contributed by atoms with E-state index in [-0.39, 0.29) is 6.54 Å². The van der Waals surface area contributed by atoms with E-state index < -0.39 is 12.0 Å². The number of hydrogen-bond acceptors (Lipinski definition) is 3. The lowest BCUT2D eigenvalue weighted by molar-refractivity contribution is -0.138. The van der Waals surface area contributed by atoms with Gasteiger partial charge in [-0.3, -0.25) is 4.79 Å². The molecule has 0 amide bonds. The summed E-state index contributed by atoms with van der Waals surface area (Å²) in [5.41, 5.74) is 8.62. The summed E-state index contributed by atoms with van der Waals surface area (Å²) < 4.78 is 0. The summed E-state index contributed by atoms with van der Waals surface area (Å²) in [6, 6.07) is 4.98. The molecular formula is C11H16N2O2. The lowest BCUT2D eigenvalue weighted by Crippen LogP contribution is -2.37. The first-order chi connectivity index (χ1) is 7.02. The van der Waals surface area contributed by atoms with Gasteiger partial charge in [-0.1, -0.05) is 12.1 Å². The van der Waals surface area contributed by atoms with Crippen LogP contribution in [0.5, 0.6) is 0 Å². The van der Waals surface area contributed by atoms with Crippen molar-refractivity contribution >= 4 is 11.7 Å². The molecule has 15 heavy (non-hydrogen) atoms. The average Bonchev–Trinajstić information content (AvgIpc) is 2.19. The van der Waals surface area contributed by atoms with Gasteiger partial charge in [0.1, 0.15) is 6.04 Å². The van der Waals surface area contributed by atoms with Crippen molar-refractivity contribution in [2.24, 2.45) is 5.73 Å². The third-order valence-electron chi connectivity index (χ3n) is 2.43. The fraction of sp³-hybridized carbons (Fsp3) is 0.364. The molecule has 0 saturated heterocycles. The fourth-order valence-electron chi connectivity index (χ4n) is 1.25. The Bertz CT molecular complexity index is 364. The monoisotopic (exact) mass is 208 g/mol. The number of anilines is 1. The van der Waals surface area contributed by atoms with E-state index in [2.05, 4.69) is 5.32 Å². The Morgan fingerprint density at radius 1 is 1.53 bits per heavy atom. The maximum Gasteiger partial charge on any atom is 0.322 e. The third-order valence-corrected chi connectivity index (χ3v) is 2.43. The number of aliphatic carboxylic acids is 1. The van der Waals surface area contributed by atoms with Crippen LogP contribution in [0.2, 0.25) is 0 Å². The van der Waals surface area contributed by atoms with Gasteiger partial charge in [-0.25, -0.2) is 0 Å². The molecule has 0 fully saturated rings. The first-order valence-corrected chi connectivity index (χ1v) is 4.81. The quantitative estimate of drug-likeness (QED) is 0.693. The van der Waals surface area contributed by atoms with Gasteiger partial charge in [0.25, 0.3) is 0 Å². The van der Waals surface area contributed by atoms with Gasteiger partial charge >= 0.3 is 5.97 Å². The zero-order valence-corrected chi connectivity index (χ0v) is 8.95. The predicted molar refractivity (Wildman–Crippen MR) is 60.0 cm³/mol. The molecule has 0 aliphatic heterocycles. The van der Waals surface area contributed by atoms with Crippen molar-refractivity contribution in [1.82, 2.24) is 0 Å². The number of carboxylic acids is 1. The van der Waals surface area contributed by atoms with Crippen molar-refractivity contribution in [3.8, 4) is 0 Å². The largest absolute Gasteiger partial charge is 0.480 e. The fourth-order valence-corrected chi connectivity index (χ4v) is 1.25. The highest BCUT2D eigenvalue weighted by Crippen LogP contribution is 2.17. The van der Waals surface area contributed by atoms with E-state index in [0.717, 1.165) is 11.3 Å². The Balaban J connectivity index is 2.66. The molecule has 0 aliphatic carbocycles. The number of carboxylic acid groups (broad SMARTS) is 1. The number of carbonyl (C=O) groups is 1. The molecule has 1 aromatic carbocycles. The van der Waals surface area contributed by atoms with Crippen molar-refractivity contribution < 1.29 is 9.90 Å². The molecular weight excluding hydrogens is 192 g/mol. The number of nitrogens with two attached hydrogens (primary N) is 1. The van der Waals surface area contributed by atoms with Crippen LogP contribution < -0.4 is 11.1 Å². The van der Waals surface area contributed by atoms with E-state index in [1.165, 1.54) is 5.56 Å². The van der Waals surface area contributed by atoms with E-state index in [9.17, 15) is 4.79 Å². The number of hydrogen-bond donors (Lipinski definition) is 3. The Kier molecular flexibility index (Phi) is 3.68. The van der Waals surface area contributed by atoms with Crippen LogP contribution >= 0.6 is 0 Å². The molecule has 0 heterocycles. The number of benzene rings is 1. The summed E-state index contributed by atoms with van der Waals surface area (Å²) in [6.07, 6.45) is 0. The highest BCUT2D eigenvalue weighted by Gasteiger charge is 2.11. The normalized spacial score (nSPS) is 12.2. The first kappa shape index (κ1) is 11.5. The minimum Gasteiger partial charge on any atom is -0.480 e. The zero-order valence-electron chi connectivity index (χ0n) is 8.95. The maximum atomic E-state index is 10.5. The summed E-state index contributed by atoms with van der Waals surface area (Å²) in [5, 5.41) is 11.6. The van der Waals surface area contributed by atoms with Crippen molar-refractivity contribution in [3.63, 3.8) is 0 Å². The summed E-state index contributed by atoms with van der Waals surface area (Å²) in [6.45, 7) is 4.24. The molecule has 0 saturated carbocycles. The lowest BCUT2D eigenvalue weighted by Gasteiger charge is -2.13. The molecule has 4 N–H and O–H groups in total. The van der Waals surface area contributed by atoms with E-state index in [0.29, 0.717) is 0 Å². The first-order valence-electron chi connectivity index (χ1n) is 4.81. The maximum absolute atomic E-state index is 10.5. The van der Waals surface area contributed by atoms with Crippen LogP contribution in [-0.4, -0.2) is 23.7 Å². The lowest BCUT2D eigenvalue weighted by atomic mass is 10.1. The van der Waals surface area contributed by atoms with Crippen LogP contribution in [0, 0.1) is 13.8 Å². The summed E-state index contributed by atoms with van der Waals surface area (Å²) >= 11 is 0. The predicted octanol–water partition coefficient (Wildman–Crippen LogP) is 1.13. The summed E-state index contributed by atoms with van der Waals surface area (Å²) in [7, 11) is 0. The SMILES string of the molecule is Cc1cccc(NCC(N)C(=O)O)c1C. The minimum atomic E-state index is -0.993. The Labute approximate surface area is 89.1 Å². The Hall–Kier alpha value is -1.55. The van der Waals surface area contributed by atoms with E-state index in [4.69, 9.17) is 10.8 Å². The molecule has 82 valence electrons. The zero-order chi connectivity index (χ0) is 11.4. The Morgan fingerprint density at radius 3 is 2.80 bits per heavy atom. The van der Waals surface area contributed by atoms with Gasteiger partial charge in [-0.05, 0) is 31.0 Å². The molecule has 4 nitrogen and oxygen atoms in total. The van der Waals surface area contributed by atoms with Crippen LogP contribution in [0.1, 0.15) is 11.1 Å². The van der Waals surface area contributed by atoms with E-state index in [1.54, 1.807) is 0 Å². The van der Waals surface area contributed by atoms with Crippen LogP contribution in [0.25, 0.3) is 0 Å². The van der Waals surface area contributed by atoms with Gasteiger partial charge in [-0.2, -0.15) is 0 Å². The molecule has 1 atom stereocenters. The van der Waals surface area contributed by atoms with Crippen LogP contribution in [0.4, 0.5) is 5.69 Å². The van der Waals surface area contributed by atoms with Crippen molar-refractivity contribution in [2.75, 3.05) is 11.9 Å². The number of aryl methyl sites for hydroxylation is 1. The second kappa shape index (κ2) is 4.79. The summed E-state index contributed by atoms with van der Waals surface area (Å²) in [4.78, 5) is 10.5. The second-order valence-corrected chi connectivity index (χ2v) is 3.57. The van der Waals surface area contributed by atoms with Gasteiger partial charge in [0, 0.05) is 12.2 Å². The number of rotatable bonds is 4. The van der Waals surface area contributed by atoms with Crippen molar-refractivity contribution in [2.45, 2.75) is 19.9 Å². The Morgan fingerprint density at radius 2 is 2.20 bits per heavy atom. The standard InChI is InChI=1S/C11H16N2O2/c1-7-4-3-5-10(8(7)2)13-6-9(12)11(14)15/h3-5,9,13H,6,12H2,1-2H3,(H,14,15). The van der Waals surface area contributed by atoms with Gasteiger partial charge in [0.2, 0.25) is 0 Å². The van der Waals surface area contributed by atoms with Gasteiger partial charge in [0.15, 0.2) is 0 Å². The van der Waals surface area contributed by atoms with E-state index >= 15 is 0 Å². The van der Waals surface area contributed by atoms with Gasteiger partial charge < -0.3 is 16.2 Å². The van der Waals surface area contributed by atoms with Crippen molar-refractivity contribution in [3.05, 3.63) is 29.3 Å². The van der Waals surface area contributed by atoms with Gasteiger partial charge in [0.05, 0.1) is 0 Å². The second-order valence-electron chi connectivity index (χ2n) is 3.57. The molecule has 1 rings (SSSR count). The highest BCUT2D eigenvalue weighted by atomic mass is 16.4. The van der Waals surface area contributed by atoms with E-state index in [1.807, 2.05) is 32.0 Å². The molecule has 0 bridgehead atoms. The van der Waals surface area contributed by atoms with Crippen LogP contribution in [0.3, 0.4) is 0 Å². The summed E-state index contributed by atoms with van der Waals surface area (Å²) in [5.74, 6) is -0.993. The smallest absolute Gasteiger partial charge is 0.322 e. The molecule has 0 aromatic heterocycles. The molecule has 4 heteroatoms. The van der Waals surface area contributed by atoms with Gasteiger partial charge in [-0.15, -0.1) is 0 Å². The topological polar surface area (TPSA) is 75.3 Å². The minimum absolute atomic E-state index is 0.236. The molecule has 1 unspecified atom stereocenters. The number of nitrogens with one attached hydrogen (secondary N) is 1. The molecule has 0 aliphatic rings. The molecule has 0 spiro atoms. The molecule has 0 radical (unpaired) electrons.